The summed E-state index contributed by atoms with van der Waals surface area (Å²) in [6, 6.07) is 15.6. The maximum absolute atomic E-state index is 9.57. The van der Waals surface area contributed by atoms with Crippen molar-refractivity contribution in [3.05, 3.63) is 70.8 Å². The molecular weight excluding hydrogens is 446 g/mol. The van der Waals surface area contributed by atoms with Gasteiger partial charge in [0.15, 0.2) is 23.0 Å². The van der Waals surface area contributed by atoms with Gasteiger partial charge < -0.3 is 28.8 Å². The molecule has 0 saturated heterocycles. The summed E-state index contributed by atoms with van der Waals surface area (Å²) in [5, 5.41) is 9.57. The summed E-state index contributed by atoms with van der Waals surface area (Å²) in [4.78, 5) is 2.54. The van der Waals surface area contributed by atoms with Crippen molar-refractivity contribution in [1.82, 2.24) is 4.90 Å². The molecule has 0 spiro atoms. The molecule has 1 N–H and O–H groups in total. The van der Waals surface area contributed by atoms with Gasteiger partial charge in [-0.15, -0.1) is 0 Å². The van der Waals surface area contributed by atoms with Crippen LogP contribution in [0.25, 0.3) is 0 Å². The molecule has 2 unspecified atom stereocenters. The first-order valence-electron chi connectivity index (χ1n) is 12.0. The van der Waals surface area contributed by atoms with E-state index in [2.05, 4.69) is 23.1 Å². The molecule has 3 heterocycles. The van der Waals surface area contributed by atoms with Crippen LogP contribution in [0, 0.1) is 0 Å². The minimum atomic E-state index is 0.190. The van der Waals surface area contributed by atoms with Crippen molar-refractivity contribution < 1.29 is 28.8 Å². The van der Waals surface area contributed by atoms with Gasteiger partial charge in [-0.25, -0.2) is 0 Å². The molecule has 0 aliphatic carbocycles. The highest BCUT2D eigenvalue weighted by Gasteiger charge is 2.41. The number of fused-ring (bicyclic) bond motifs is 5. The molecule has 3 aromatic rings. The van der Waals surface area contributed by atoms with Gasteiger partial charge in [0, 0.05) is 30.6 Å². The Morgan fingerprint density at radius 1 is 0.971 bits per heavy atom. The minimum absolute atomic E-state index is 0.190. The number of rotatable bonds is 6. The van der Waals surface area contributed by atoms with Gasteiger partial charge in [0.2, 0.25) is 6.79 Å². The summed E-state index contributed by atoms with van der Waals surface area (Å²) in [5.74, 6) is 4.39. The van der Waals surface area contributed by atoms with Crippen LogP contribution in [0.3, 0.4) is 0 Å². The van der Waals surface area contributed by atoms with Crippen LogP contribution in [-0.2, 0) is 13.0 Å². The van der Waals surface area contributed by atoms with Gasteiger partial charge in [-0.3, -0.25) is 4.90 Å². The van der Waals surface area contributed by atoms with E-state index in [-0.39, 0.29) is 24.5 Å². The Morgan fingerprint density at radius 3 is 2.54 bits per heavy atom. The minimum Gasteiger partial charge on any atom is -0.508 e. The smallest absolute Gasteiger partial charge is 0.231 e. The zero-order valence-electron chi connectivity index (χ0n) is 20.0. The molecule has 0 saturated carbocycles. The van der Waals surface area contributed by atoms with Crippen LogP contribution in [0.1, 0.15) is 40.6 Å². The quantitative estimate of drug-likeness (QED) is 0.549. The summed E-state index contributed by atoms with van der Waals surface area (Å²) in [6.45, 7) is 2.57. The highest BCUT2D eigenvalue weighted by Crippen LogP contribution is 2.52. The highest BCUT2D eigenvalue weighted by atomic mass is 16.7. The number of phenols is 1. The maximum atomic E-state index is 9.57. The zero-order chi connectivity index (χ0) is 23.9. The number of benzene rings is 3. The van der Waals surface area contributed by atoms with Crippen molar-refractivity contribution >= 4 is 0 Å². The molecule has 3 aliphatic rings. The Balaban J connectivity index is 1.39. The van der Waals surface area contributed by atoms with E-state index >= 15 is 0 Å². The molecule has 0 amide bonds. The third kappa shape index (κ3) is 3.80. The van der Waals surface area contributed by atoms with Gasteiger partial charge in [0.25, 0.3) is 0 Å². The van der Waals surface area contributed by atoms with E-state index in [9.17, 15) is 5.11 Å². The number of aromatic hydroxyl groups is 1. The number of hydrogen-bond donors (Lipinski definition) is 1. The molecule has 0 fully saturated rings. The largest absolute Gasteiger partial charge is 0.508 e. The van der Waals surface area contributed by atoms with Gasteiger partial charge in [-0.2, -0.15) is 0 Å². The Kier molecular flexibility index (Phi) is 5.57. The van der Waals surface area contributed by atoms with Gasteiger partial charge in [0.05, 0.1) is 20.8 Å². The van der Waals surface area contributed by atoms with Crippen molar-refractivity contribution in [1.29, 1.82) is 0 Å². The first kappa shape index (κ1) is 21.9. The first-order valence-corrected chi connectivity index (χ1v) is 12.0. The molecule has 0 aromatic heterocycles. The van der Waals surface area contributed by atoms with E-state index in [1.165, 1.54) is 22.3 Å². The molecular formula is C28H29NO6. The SMILES string of the molecule is COc1ccc2c(c1OC)CN1CCc3cc4c(cc3C1C2CCOc1ccc(O)cc1)OCO4. The highest BCUT2D eigenvalue weighted by molar-refractivity contribution is 5.56. The third-order valence-electron chi connectivity index (χ3n) is 7.38. The molecule has 3 aliphatic heterocycles. The van der Waals surface area contributed by atoms with Crippen molar-refractivity contribution in [2.75, 3.05) is 34.2 Å². The zero-order valence-corrected chi connectivity index (χ0v) is 20.0. The molecule has 7 heteroatoms. The summed E-state index contributed by atoms with van der Waals surface area (Å²) in [6.07, 6.45) is 1.78. The van der Waals surface area contributed by atoms with E-state index in [0.29, 0.717) is 6.61 Å². The fraction of sp³-hybridized carbons (Fsp3) is 0.357. The predicted octanol–water partition coefficient (Wildman–Crippen LogP) is 4.80. The molecule has 2 atom stereocenters. The summed E-state index contributed by atoms with van der Waals surface area (Å²) in [5.41, 5.74) is 5.07. The molecule has 3 aromatic carbocycles. The lowest BCUT2D eigenvalue weighted by Gasteiger charge is -2.46. The van der Waals surface area contributed by atoms with Crippen LogP contribution in [0.5, 0.6) is 34.5 Å². The second-order valence-electron chi connectivity index (χ2n) is 9.18. The summed E-state index contributed by atoms with van der Waals surface area (Å²) >= 11 is 0. The van der Waals surface area contributed by atoms with Gasteiger partial charge >= 0.3 is 0 Å². The Morgan fingerprint density at radius 2 is 1.77 bits per heavy atom. The lowest BCUT2D eigenvalue weighted by atomic mass is 9.75. The van der Waals surface area contributed by atoms with Crippen molar-refractivity contribution in [3.8, 4) is 34.5 Å². The Labute approximate surface area is 204 Å². The van der Waals surface area contributed by atoms with Crippen LogP contribution in [0.4, 0.5) is 0 Å². The average molecular weight is 476 g/mol. The Hall–Kier alpha value is -3.58. The number of hydrogen-bond acceptors (Lipinski definition) is 7. The van der Waals surface area contributed by atoms with Crippen molar-refractivity contribution in [2.45, 2.75) is 31.3 Å². The number of nitrogens with zero attached hydrogens (tertiary/aromatic N) is 1. The van der Waals surface area contributed by atoms with Crippen molar-refractivity contribution in [3.63, 3.8) is 0 Å². The number of phenolic OH excluding ortho intramolecular Hbond substituents is 1. The first-order chi connectivity index (χ1) is 17.2. The maximum Gasteiger partial charge on any atom is 0.231 e. The molecule has 35 heavy (non-hydrogen) atoms. The van der Waals surface area contributed by atoms with Crippen LogP contribution in [-0.4, -0.2) is 44.2 Å². The Bertz CT molecular complexity index is 1240. The number of ether oxygens (including phenoxy) is 5. The normalized spacial score (nSPS) is 19.9. The van der Waals surface area contributed by atoms with Gasteiger partial charge in [-0.1, -0.05) is 6.07 Å². The molecule has 182 valence electrons. The second kappa shape index (κ2) is 8.89. The predicted molar refractivity (Wildman–Crippen MR) is 130 cm³/mol. The van der Waals surface area contributed by atoms with Crippen LogP contribution in [0.15, 0.2) is 48.5 Å². The number of methoxy groups -OCH3 is 2. The monoisotopic (exact) mass is 475 g/mol. The van der Waals surface area contributed by atoms with Crippen LogP contribution in [0.2, 0.25) is 0 Å². The average Bonchev–Trinajstić information content (AvgIpc) is 3.34. The van der Waals surface area contributed by atoms with E-state index < -0.39 is 0 Å². The van der Waals surface area contributed by atoms with Gasteiger partial charge in [0.1, 0.15) is 11.5 Å². The lowest BCUT2D eigenvalue weighted by molar-refractivity contribution is 0.119. The van der Waals surface area contributed by atoms with E-state index in [1.807, 2.05) is 6.07 Å². The fourth-order valence-corrected chi connectivity index (χ4v) is 5.79. The van der Waals surface area contributed by atoms with E-state index in [1.54, 1.807) is 38.5 Å². The molecule has 0 radical (unpaired) electrons. The van der Waals surface area contributed by atoms with Crippen LogP contribution >= 0.6 is 0 Å². The van der Waals surface area contributed by atoms with Crippen molar-refractivity contribution in [2.24, 2.45) is 0 Å². The third-order valence-corrected chi connectivity index (χ3v) is 7.38. The summed E-state index contributed by atoms with van der Waals surface area (Å²) in [7, 11) is 3.39. The molecule has 0 bridgehead atoms. The van der Waals surface area contributed by atoms with Crippen LogP contribution < -0.4 is 23.7 Å². The molecule has 6 rings (SSSR count). The second-order valence-corrected chi connectivity index (χ2v) is 9.18. The van der Waals surface area contributed by atoms with Gasteiger partial charge in [-0.05, 0) is 72.0 Å². The standard InChI is InChI=1S/C28H29NO6/c1-31-24-8-7-20-21(10-12-33-19-5-3-18(30)4-6-19)27-22-14-26-25(34-16-35-26)13-17(22)9-11-29(27)15-23(20)28(24)32-2/h3-8,13-14,21,27,30H,9-12,15-16H2,1-2H3. The lowest BCUT2D eigenvalue weighted by Crippen LogP contribution is -2.42. The van der Waals surface area contributed by atoms with E-state index in [4.69, 9.17) is 23.7 Å². The van der Waals surface area contributed by atoms with E-state index in [0.717, 1.165) is 54.7 Å². The summed E-state index contributed by atoms with van der Waals surface area (Å²) < 4.78 is 28.9. The molecule has 7 nitrogen and oxygen atoms in total. The topological polar surface area (TPSA) is 69.6 Å². The fourth-order valence-electron chi connectivity index (χ4n) is 5.79.